The van der Waals surface area contributed by atoms with E-state index in [-0.39, 0.29) is 5.75 Å². The van der Waals surface area contributed by atoms with E-state index in [4.69, 9.17) is 20.8 Å². The molecule has 0 amide bonds. The van der Waals surface area contributed by atoms with Crippen LogP contribution in [-0.2, 0) is 6.42 Å². The Morgan fingerprint density at radius 2 is 2.17 bits per heavy atom. The number of aryl methyl sites for hydroxylation is 1. The van der Waals surface area contributed by atoms with Gasteiger partial charge in [0, 0.05) is 17.5 Å². The van der Waals surface area contributed by atoms with E-state index in [1.54, 1.807) is 23.6 Å². The van der Waals surface area contributed by atoms with Gasteiger partial charge in [-0.1, -0.05) is 31.0 Å². The van der Waals surface area contributed by atoms with Gasteiger partial charge in [0.2, 0.25) is 0 Å². The molecule has 23 heavy (non-hydrogen) atoms. The molecule has 6 heteroatoms. The van der Waals surface area contributed by atoms with Crippen LogP contribution in [0.1, 0.15) is 28.6 Å². The third kappa shape index (κ3) is 3.30. The van der Waals surface area contributed by atoms with Crippen LogP contribution in [0.3, 0.4) is 0 Å². The van der Waals surface area contributed by atoms with Crippen LogP contribution in [0.5, 0.6) is 5.75 Å². The van der Waals surface area contributed by atoms with Gasteiger partial charge >= 0.3 is 11.6 Å². The number of halogens is 1. The smallest absolute Gasteiger partial charge is 0.353 e. The zero-order chi connectivity index (χ0) is 16.4. The molecule has 0 fully saturated rings. The van der Waals surface area contributed by atoms with Crippen molar-refractivity contribution in [1.82, 2.24) is 0 Å². The van der Waals surface area contributed by atoms with Crippen molar-refractivity contribution in [2.75, 3.05) is 0 Å². The van der Waals surface area contributed by atoms with Gasteiger partial charge in [-0.05, 0) is 29.5 Å². The lowest BCUT2D eigenvalue weighted by Crippen LogP contribution is -2.07. The van der Waals surface area contributed by atoms with Gasteiger partial charge in [0.05, 0.1) is 5.02 Å². The Labute approximate surface area is 141 Å². The van der Waals surface area contributed by atoms with Crippen molar-refractivity contribution >= 4 is 39.9 Å². The number of hydrogen-bond donors (Lipinski definition) is 0. The van der Waals surface area contributed by atoms with Gasteiger partial charge in [-0.15, -0.1) is 11.3 Å². The zero-order valence-corrected chi connectivity index (χ0v) is 13.9. The monoisotopic (exact) mass is 348 g/mol. The van der Waals surface area contributed by atoms with Crippen LogP contribution >= 0.6 is 22.9 Å². The Kier molecular flexibility index (Phi) is 4.50. The highest BCUT2D eigenvalue weighted by Crippen LogP contribution is 2.32. The average Bonchev–Trinajstić information content (AvgIpc) is 3.03. The lowest BCUT2D eigenvalue weighted by atomic mass is 10.1. The number of ether oxygens (including phenoxy) is 1. The van der Waals surface area contributed by atoms with Crippen molar-refractivity contribution in [2.45, 2.75) is 19.8 Å². The van der Waals surface area contributed by atoms with Crippen LogP contribution in [0.25, 0.3) is 11.0 Å². The molecule has 0 saturated carbocycles. The molecule has 0 radical (unpaired) electrons. The van der Waals surface area contributed by atoms with Crippen molar-refractivity contribution in [3.05, 3.63) is 61.6 Å². The fraction of sp³-hybridized carbons (Fsp3) is 0.176. The predicted molar refractivity (Wildman–Crippen MR) is 90.8 cm³/mol. The number of thiophene rings is 1. The molecule has 0 aliphatic heterocycles. The second-order valence-electron chi connectivity index (χ2n) is 4.99. The SMILES string of the molecule is CCCc1cc(=O)oc2cc(OC(=O)c3cccs3)c(Cl)cc12. The topological polar surface area (TPSA) is 56.5 Å². The van der Waals surface area contributed by atoms with Crippen LogP contribution in [0.4, 0.5) is 0 Å². The van der Waals surface area contributed by atoms with Gasteiger partial charge in [0.1, 0.15) is 10.5 Å². The summed E-state index contributed by atoms with van der Waals surface area (Å²) in [4.78, 5) is 24.2. The van der Waals surface area contributed by atoms with E-state index in [2.05, 4.69) is 0 Å². The summed E-state index contributed by atoms with van der Waals surface area (Å²) in [5, 5.41) is 2.84. The summed E-state index contributed by atoms with van der Waals surface area (Å²) in [6.07, 6.45) is 1.64. The molecule has 3 rings (SSSR count). The molecule has 0 saturated heterocycles. The summed E-state index contributed by atoms with van der Waals surface area (Å²) >= 11 is 7.51. The van der Waals surface area contributed by atoms with Crippen molar-refractivity contribution in [3.63, 3.8) is 0 Å². The summed E-state index contributed by atoms with van der Waals surface area (Å²) < 4.78 is 10.5. The molecule has 0 atom stereocenters. The Morgan fingerprint density at radius 1 is 1.35 bits per heavy atom. The summed E-state index contributed by atoms with van der Waals surface area (Å²) in [5.41, 5.74) is 0.801. The van der Waals surface area contributed by atoms with E-state index in [1.807, 2.05) is 6.92 Å². The molecule has 0 spiro atoms. The van der Waals surface area contributed by atoms with E-state index in [1.165, 1.54) is 23.5 Å². The Hall–Kier alpha value is -2.11. The summed E-state index contributed by atoms with van der Waals surface area (Å²) in [5.74, 6) is -0.317. The summed E-state index contributed by atoms with van der Waals surface area (Å²) in [6.45, 7) is 2.03. The number of esters is 1. The van der Waals surface area contributed by atoms with Crippen molar-refractivity contribution in [2.24, 2.45) is 0 Å². The third-order valence-electron chi connectivity index (χ3n) is 3.33. The minimum atomic E-state index is -0.492. The van der Waals surface area contributed by atoms with Crippen LogP contribution < -0.4 is 10.4 Å². The molecule has 2 heterocycles. The first kappa shape index (κ1) is 15.8. The first-order chi connectivity index (χ1) is 11.1. The standard InChI is InChI=1S/C17H13ClO4S/c1-2-4-10-7-16(19)21-13-9-14(12(18)8-11(10)13)22-17(20)15-5-3-6-23-15/h3,5-9H,2,4H2,1H3. The fourth-order valence-electron chi connectivity index (χ4n) is 2.33. The molecule has 0 unspecified atom stereocenters. The summed E-state index contributed by atoms with van der Waals surface area (Å²) in [7, 11) is 0. The van der Waals surface area contributed by atoms with E-state index in [0.29, 0.717) is 15.5 Å². The first-order valence-electron chi connectivity index (χ1n) is 7.10. The van der Waals surface area contributed by atoms with Gasteiger partial charge in [-0.3, -0.25) is 0 Å². The first-order valence-corrected chi connectivity index (χ1v) is 8.36. The second-order valence-corrected chi connectivity index (χ2v) is 6.34. The van der Waals surface area contributed by atoms with Gasteiger partial charge < -0.3 is 9.15 Å². The van der Waals surface area contributed by atoms with E-state index in [0.717, 1.165) is 23.8 Å². The van der Waals surface area contributed by atoms with Crippen molar-refractivity contribution in [1.29, 1.82) is 0 Å². The highest BCUT2D eigenvalue weighted by molar-refractivity contribution is 7.12. The van der Waals surface area contributed by atoms with Gasteiger partial charge in [-0.2, -0.15) is 0 Å². The van der Waals surface area contributed by atoms with Gasteiger partial charge in [-0.25, -0.2) is 9.59 Å². The summed E-state index contributed by atoms with van der Waals surface area (Å²) in [6, 6.07) is 8.06. The van der Waals surface area contributed by atoms with E-state index < -0.39 is 11.6 Å². The van der Waals surface area contributed by atoms with Crippen LogP contribution in [0.15, 0.2) is 44.9 Å². The molecule has 3 aromatic rings. The van der Waals surface area contributed by atoms with Crippen molar-refractivity contribution in [3.8, 4) is 5.75 Å². The number of fused-ring (bicyclic) bond motifs is 1. The number of carbonyl (C=O) groups is 1. The van der Waals surface area contributed by atoms with Crippen LogP contribution in [0.2, 0.25) is 5.02 Å². The molecular formula is C17H13ClO4S. The molecule has 2 aromatic heterocycles. The van der Waals surface area contributed by atoms with Gasteiger partial charge in [0.25, 0.3) is 0 Å². The number of rotatable bonds is 4. The van der Waals surface area contributed by atoms with Crippen LogP contribution in [-0.4, -0.2) is 5.97 Å². The largest absolute Gasteiger partial charge is 0.423 e. The minimum Gasteiger partial charge on any atom is -0.423 e. The zero-order valence-electron chi connectivity index (χ0n) is 12.3. The van der Waals surface area contributed by atoms with Crippen molar-refractivity contribution < 1.29 is 13.9 Å². The van der Waals surface area contributed by atoms with Crippen LogP contribution in [0, 0.1) is 0 Å². The highest BCUT2D eigenvalue weighted by atomic mass is 35.5. The highest BCUT2D eigenvalue weighted by Gasteiger charge is 2.15. The minimum absolute atomic E-state index is 0.175. The predicted octanol–water partition coefficient (Wildman–Crippen LogP) is 4.68. The molecule has 1 aromatic carbocycles. The number of carbonyl (C=O) groups excluding carboxylic acids is 1. The average molecular weight is 349 g/mol. The normalized spacial score (nSPS) is 10.9. The second kappa shape index (κ2) is 6.56. The third-order valence-corrected chi connectivity index (χ3v) is 4.47. The maximum Gasteiger partial charge on any atom is 0.353 e. The maximum absolute atomic E-state index is 12.0. The fourth-order valence-corrected chi connectivity index (χ4v) is 3.13. The molecule has 4 nitrogen and oxygen atoms in total. The molecule has 118 valence electrons. The number of benzene rings is 1. The quantitative estimate of drug-likeness (QED) is 0.390. The van der Waals surface area contributed by atoms with Gasteiger partial charge in [0.15, 0.2) is 5.75 Å². The lowest BCUT2D eigenvalue weighted by molar-refractivity contribution is 0.0740. The number of hydrogen-bond acceptors (Lipinski definition) is 5. The molecule has 0 aliphatic carbocycles. The maximum atomic E-state index is 12.0. The molecule has 0 aliphatic rings. The lowest BCUT2D eigenvalue weighted by Gasteiger charge is -2.09. The molecule has 0 N–H and O–H groups in total. The van der Waals surface area contributed by atoms with E-state index >= 15 is 0 Å². The molecular weight excluding hydrogens is 336 g/mol. The van der Waals surface area contributed by atoms with E-state index in [9.17, 15) is 9.59 Å². The Balaban J connectivity index is 2.04. The Bertz CT molecular complexity index is 912. The Morgan fingerprint density at radius 3 is 2.87 bits per heavy atom. The molecule has 0 bridgehead atoms.